The zero-order chi connectivity index (χ0) is 39.5. The minimum Gasteiger partial charge on any atom is -0.476 e. The Hall–Kier alpha value is -5.89. The average molecular weight is 759 g/mol. The molecule has 3 aromatic carbocycles. The molecular weight excluding hydrogens is 709 g/mol. The van der Waals surface area contributed by atoms with Gasteiger partial charge in [0.1, 0.15) is 24.1 Å². The van der Waals surface area contributed by atoms with Gasteiger partial charge in [-0.1, -0.05) is 0 Å². The Bertz CT molecular complexity index is 2650. The summed E-state index contributed by atoms with van der Waals surface area (Å²) in [5.41, 5.74) is 6.55. The first-order valence-corrected chi connectivity index (χ1v) is 19.3. The second-order valence-electron chi connectivity index (χ2n) is 14.6. The Balaban J connectivity index is 0.000000130. The molecule has 14 heteroatoms. The van der Waals surface area contributed by atoms with Crippen LogP contribution in [0.4, 0.5) is 11.4 Å². The number of hydrogen-bond acceptors (Lipinski definition) is 11. The van der Waals surface area contributed by atoms with E-state index in [9.17, 15) is 14.4 Å². The third kappa shape index (κ3) is 7.92. The minimum absolute atomic E-state index is 0.0167. The van der Waals surface area contributed by atoms with Crippen molar-refractivity contribution in [2.75, 3.05) is 56.5 Å². The van der Waals surface area contributed by atoms with Crippen molar-refractivity contribution in [2.24, 2.45) is 26.1 Å². The summed E-state index contributed by atoms with van der Waals surface area (Å²) >= 11 is 0. The van der Waals surface area contributed by atoms with E-state index in [1.165, 1.54) is 38.0 Å². The number of rotatable bonds is 6. The minimum atomic E-state index is -0.0293. The highest BCUT2D eigenvalue weighted by Gasteiger charge is 2.17. The van der Waals surface area contributed by atoms with E-state index in [1.54, 1.807) is 40.9 Å². The van der Waals surface area contributed by atoms with Crippen molar-refractivity contribution in [1.82, 2.24) is 33.6 Å². The van der Waals surface area contributed by atoms with Crippen LogP contribution in [-0.2, 0) is 32.3 Å². The van der Waals surface area contributed by atoms with Crippen LogP contribution < -0.4 is 27.3 Å². The fraction of sp³-hybridized carbons (Fsp3) is 0.405. The summed E-state index contributed by atoms with van der Waals surface area (Å²) in [6.45, 7) is 12.4. The first-order valence-electron chi connectivity index (χ1n) is 19.3. The molecule has 0 amide bonds. The Labute approximate surface area is 324 Å². The molecule has 292 valence electrons. The molecule has 1 fully saturated rings. The fourth-order valence-corrected chi connectivity index (χ4v) is 7.30. The van der Waals surface area contributed by atoms with Crippen molar-refractivity contribution in [3.63, 3.8) is 0 Å². The third-order valence-corrected chi connectivity index (χ3v) is 10.9. The number of nitrogens with one attached hydrogen (secondary N) is 2. The van der Waals surface area contributed by atoms with Crippen molar-refractivity contribution < 1.29 is 4.74 Å². The number of anilines is 2. The molecule has 3 aliphatic rings. The van der Waals surface area contributed by atoms with E-state index in [2.05, 4.69) is 35.5 Å². The Morgan fingerprint density at radius 1 is 0.750 bits per heavy atom. The van der Waals surface area contributed by atoms with Crippen LogP contribution in [-0.4, -0.2) is 85.3 Å². The van der Waals surface area contributed by atoms with E-state index in [0.717, 1.165) is 70.9 Å². The maximum absolute atomic E-state index is 12.2. The van der Waals surface area contributed by atoms with Gasteiger partial charge in [0.2, 0.25) is 5.90 Å². The topological polar surface area (TPSA) is 154 Å². The highest BCUT2D eigenvalue weighted by molar-refractivity contribution is 5.98. The molecule has 14 nitrogen and oxygen atoms in total. The number of aliphatic imine (C=N–C) groups is 1. The van der Waals surface area contributed by atoms with Gasteiger partial charge in [-0.05, 0) is 115 Å². The van der Waals surface area contributed by atoms with Crippen LogP contribution in [0.3, 0.4) is 0 Å². The molecule has 0 unspecified atom stereocenters. The molecule has 0 radical (unpaired) electrons. The van der Waals surface area contributed by atoms with E-state index in [-0.39, 0.29) is 16.7 Å². The monoisotopic (exact) mass is 758 g/mol. The van der Waals surface area contributed by atoms with Crippen molar-refractivity contribution in [3.05, 3.63) is 108 Å². The van der Waals surface area contributed by atoms with E-state index in [4.69, 9.17) is 4.74 Å². The second kappa shape index (κ2) is 16.5. The molecule has 2 N–H and O–H groups in total. The van der Waals surface area contributed by atoms with Gasteiger partial charge in [-0.25, -0.2) is 19.9 Å². The number of ether oxygens (including phenoxy) is 1. The zero-order valence-corrected chi connectivity index (χ0v) is 33.1. The van der Waals surface area contributed by atoms with Gasteiger partial charge < -0.3 is 20.3 Å². The molecule has 6 heterocycles. The van der Waals surface area contributed by atoms with Gasteiger partial charge in [0.05, 0.1) is 39.3 Å². The van der Waals surface area contributed by atoms with Crippen LogP contribution in [0.25, 0.3) is 32.7 Å². The number of nitrogens with zero attached hydrogens (tertiary/aromatic N) is 8. The van der Waals surface area contributed by atoms with Crippen molar-refractivity contribution in [1.29, 1.82) is 0 Å². The second-order valence-corrected chi connectivity index (χ2v) is 14.6. The van der Waals surface area contributed by atoms with Gasteiger partial charge in [0, 0.05) is 56.7 Å². The molecular formula is C42H50N10O4. The van der Waals surface area contributed by atoms with Crippen molar-refractivity contribution >= 4 is 50.0 Å². The van der Waals surface area contributed by atoms with Crippen molar-refractivity contribution in [2.45, 2.75) is 46.5 Å². The van der Waals surface area contributed by atoms with Crippen LogP contribution in [0.5, 0.6) is 0 Å². The first kappa shape index (κ1) is 38.4. The zero-order valence-electron chi connectivity index (χ0n) is 33.1. The number of likely N-dealkylation sites (tertiary alicyclic amines) is 1. The van der Waals surface area contributed by atoms with Crippen LogP contribution >= 0.6 is 0 Å². The standard InChI is InChI=1S/C17H24N4O.C13H13N3O2.C12H13N3O/c1-13-19-16-12-14(6-7-15(16)17(22)20(13)2)18-8-5-11-21-9-3-4-10-21;1-8-15-11-7-9(12-14-5-6-18-12)3-4-10(11)13(17)16(8)2;1-7-14-11-8-5-6-13-10(8)4-3-9(11)12(16)15(7)2/h6-7,12,18H,3-5,8-11H2,1-2H3;3-4,7H,5-6H2,1-2H3;3-4,13H,5-6H2,1-2H3. The van der Waals surface area contributed by atoms with Gasteiger partial charge in [-0.2, -0.15) is 0 Å². The third-order valence-electron chi connectivity index (χ3n) is 10.9. The Morgan fingerprint density at radius 2 is 1.36 bits per heavy atom. The summed E-state index contributed by atoms with van der Waals surface area (Å²) in [5.74, 6) is 2.83. The first-order chi connectivity index (χ1) is 27.0. The van der Waals surface area contributed by atoms with Gasteiger partial charge in [0.15, 0.2) is 0 Å². The summed E-state index contributed by atoms with van der Waals surface area (Å²) in [4.78, 5) is 56.5. The number of aryl methyl sites for hydroxylation is 3. The number of benzene rings is 3. The van der Waals surface area contributed by atoms with Crippen LogP contribution in [0.2, 0.25) is 0 Å². The molecule has 0 atom stereocenters. The molecule has 3 aromatic heterocycles. The maximum Gasteiger partial charge on any atom is 0.261 e. The SMILES string of the molecule is Cc1nc2c3c(ccc2c(=O)n1C)NCC3.Cc1nc2cc(C3=NCCO3)ccc2c(=O)n1C.Cc1nc2cc(NCCCN3CCCC3)ccc2c(=O)n1C. The summed E-state index contributed by atoms with van der Waals surface area (Å²) in [6.07, 6.45) is 4.78. The highest BCUT2D eigenvalue weighted by atomic mass is 16.5. The molecule has 0 bridgehead atoms. The largest absolute Gasteiger partial charge is 0.476 e. The predicted octanol–water partition coefficient (Wildman–Crippen LogP) is 4.37. The van der Waals surface area contributed by atoms with Gasteiger partial charge in [-0.3, -0.25) is 28.1 Å². The maximum atomic E-state index is 12.2. The highest BCUT2D eigenvalue weighted by Crippen LogP contribution is 2.27. The molecule has 56 heavy (non-hydrogen) atoms. The summed E-state index contributed by atoms with van der Waals surface area (Å²) in [7, 11) is 5.24. The fourth-order valence-electron chi connectivity index (χ4n) is 7.30. The summed E-state index contributed by atoms with van der Waals surface area (Å²) < 4.78 is 10.1. The molecule has 0 saturated carbocycles. The number of fused-ring (bicyclic) bond motifs is 5. The lowest BCUT2D eigenvalue weighted by atomic mass is 10.1. The molecule has 3 aliphatic heterocycles. The number of aromatic nitrogens is 6. The average Bonchev–Trinajstić information content (AvgIpc) is 4.02. The summed E-state index contributed by atoms with van der Waals surface area (Å²) in [5, 5.41) is 8.75. The Kier molecular flexibility index (Phi) is 11.3. The Morgan fingerprint density at radius 3 is 2.02 bits per heavy atom. The smallest absolute Gasteiger partial charge is 0.261 e. The van der Waals surface area contributed by atoms with E-state index < -0.39 is 0 Å². The van der Waals surface area contributed by atoms with Crippen LogP contribution in [0.15, 0.2) is 67.9 Å². The predicted molar refractivity (Wildman–Crippen MR) is 223 cm³/mol. The molecule has 0 spiro atoms. The molecule has 0 aliphatic carbocycles. The quantitative estimate of drug-likeness (QED) is 0.234. The number of hydrogen-bond donors (Lipinski definition) is 2. The molecule has 9 rings (SSSR count). The normalized spacial score (nSPS) is 14.8. The summed E-state index contributed by atoms with van der Waals surface area (Å²) in [6, 6.07) is 15.1. The van der Waals surface area contributed by atoms with Crippen LogP contribution in [0, 0.1) is 20.8 Å². The van der Waals surface area contributed by atoms with E-state index in [1.807, 2.05) is 63.2 Å². The lowest BCUT2D eigenvalue weighted by molar-refractivity contribution is 0.337. The lowest BCUT2D eigenvalue weighted by Crippen LogP contribution is -2.22. The van der Waals surface area contributed by atoms with Crippen LogP contribution in [0.1, 0.15) is 47.9 Å². The van der Waals surface area contributed by atoms with Crippen molar-refractivity contribution in [3.8, 4) is 0 Å². The van der Waals surface area contributed by atoms with E-state index >= 15 is 0 Å². The molecule has 6 aromatic rings. The lowest BCUT2D eigenvalue weighted by Gasteiger charge is -2.15. The van der Waals surface area contributed by atoms with Gasteiger partial charge in [-0.15, -0.1) is 0 Å². The molecule has 1 saturated heterocycles. The van der Waals surface area contributed by atoms with Gasteiger partial charge >= 0.3 is 0 Å². The van der Waals surface area contributed by atoms with Gasteiger partial charge in [0.25, 0.3) is 16.7 Å². The van der Waals surface area contributed by atoms with E-state index in [0.29, 0.717) is 41.2 Å².